The Morgan fingerprint density at radius 3 is 2.29 bits per heavy atom. The third kappa shape index (κ3) is 5.22. The van der Waals surface area contributed by atoms with Gasteiger partial charge in [0, 0.05) is 14.2 Å². The number of ketones is 1. The molecule has 2 rings (SSSR count). The molecular formula is C19H20O5. The maximum Gasteiger partial charge on any atom is 0.189 e. The molecule has 0 heterocycles. The Morgan fingerprint density at radius 1 is 0.917 bits per heavy atom. The highest BCUT2D eigenvalue weighted by molar-refractivity contribution is 6.08. The summed E-state index contributed by atoms with van der Waals surface area (Å²) < 4.78 is 20.4. The van der Waals surface area contributed by atoms with Crippen LogP contribution in [0, 0.1) is 0 Å². The largest absolute Gasteiger partial charge is 0.468 e. The van der Waals surface area contributed by atoms with Crippen LogP contribution in [0.1, 0.15) is 15.9 Å². The fourth-order valence-corrected chi connectivity index (χ4v) is 1.98. The molecule has 0 aliphatic carbocycles. The average Bonchev–Trinajstić information content (AvgIpc) is 2.63. The first-order valence-electron chi connectivity index (χ1n) is 7.39. The van der Waals surface area contributed by atoms with E-state index >= 15 is 0 Å². The molecule has 2 aromatic carbocycles. The van der Waals surface area contributed by atoms with Gasteiger partial charge < -0.3 is 18.9 Å². The van der Waals surface area contributed by atoms with Crippen LogP contribution in [0.15, 0.2) is 54.6 Å². The minimum absolute atomic E-state index is 0.0942. The summed E-state index contributed by atoms with van der Waals surface area (Å²) in [6, 6.07) is 14.4. The topological polar surface area (TPSA) is 54.0 Å². The number of ether oxygens (including phenoxy) is 4. The van der Waals surface area contributed by atoms with Gasteiger partial charge in [0.1, 0.15) is 11.5 Å². The van der Waals surface area contributed by atoms with E-state index in [1.165, 1.54) is 13.2 Å². The lowest BCUT2D eigenvalue weighted by atomic mass is 10.1. The Labute approximate surface area is 141 Å². The van der Waals surface area contributed by atoms with Crippen LogP contribution in [-0.4, -0.2) is 33.6 Å². The molecule has 0 amide bonds. The molecule has 0 radical (unpaired) electrons. The molecule has 24 heavy (non-hydrogen) atoms. The summed E-state index contributed by atoms with van der Waals surface area (Å²) in [7, 11) is 3.10. The van der Waals surface area contributed by atoms with Gasteiger partial charge in [0.05, 0.1) is 5.56 Å². The molecule has 5 nitrogen and oxygen atoms in total. The second-order valence-electron chi connectivity index (χ2n) is 4.86. The molecule has 0 unspecified atom stereocenters. The lowest BCUT2D eigenvalue weighted by Gasteiger charge is -2.08. The smallest absolute Gasteiger partial charge is 0.189 e. The fourth-order valence-electron chi connectivity index (χ4n) is 1.98. The molecule has 0 aromatic heterocycles. The first-order valence-corrected chi connectivity index (χ1v) is 7.39. The maximum atomic E-state index is 12.4. The van der Waals surface area contributed by atoms with Gasteiger partial charge in [-0.25, -0.2) is 0 Å². The Balaban J connectivity index is 2.05. The van der Waals surface area contributed by atoms with Crippen LogP contribution in [0.3, 0.4) is 0 Å². The van der Waals surface area contributed by atoms with Crippen molar-refractivity contribution in [2.75, 3.05) is 27.8 Å². The summed E-state index contributed by atoms with van der Waals surface area (Å²) in [5, 5.41) is 0. The highest BCUT2D eigenvalue weighted by Gasteiger charge is 2.09. The average molecular weight is 328 g/mol. The third-order valence-electron chi connectivity index (χ3n) is 3.14. The predicted molar refractivity (Wildman–Crippen MR) is 91.3 cm³/mol. The molecule has 0 saturated heterocycles. The Hall–Kier alpha value is -2.63. The molecule has 0 aliphatic heterocycles. The van der Waals surface area contributed by atoms with Gasteiger partial charge in [0.25, 0.3) is 0 Å². The summed E-state index contributed by atoms with van der Waals surface area (Å²) in [5.74, 6) is 1.07. The number of hydrogen-bond acceptors (Lipinski definition) is 5. The van der Waals surface area contributed by atoms with E-state index < -0.39 is 0 Å². The van der Waals surface area contributed by atoms with E-state index in [-0.39, 0.29) is 19.4 Å². The number of allylic oxidation sites excluding steroid dienone is 1. The molecule has 2 aromatic rings. The molecule has 0 saturated carbocycles. The third-order valence-corrected chi connectivity index (χ3v) is 3.14. The minimum Gasteiger partial charge on any atom is -0.468 e. The minimum atomic E-state index is -0.138. The Bertz CT molecular complexity index is 676. The predicted octanol–water partition coefficient (Wildman–Crippen LogP) is 3.55. The van der Waals surface area contributed by atoms with E-state index in [1.54, 1.807) is 31.4 Å². The molecule has 0 bridgehead atoms. The number of rotatable bonds is 9. The van der Waals surface area contributed by atoms with Crippen LogP contribution in [0.2, 0.25) is 0 Å². The zero-order valence-corrected chi connectivity index (χ0v) is 13.7. The van der Waals surface area contributed by atoms with Crippen LogP contribution in [0.5, 0.6) is 11.5 Å². The first kappa shape index (κ1) is 17.7. The molecule has 0 N–H and O–H groups in total. The quantitative estimate of drug-likeness (QED) is 0.400. The van der Waals surface area contributed by atoms with Crippen molar-refractivity contribution in [3.63, 3.8) is 0 Å². The van der Waals surface area contributed by atoms with E-state index in [0.717, 1.165) is 5.56 Å². The highest BCUT2D eigenvalue weighted by atomic mass is 16.7. The SMILES string of the molecule is COCOc1ccc(/C=C/C(=O)c2ccccc2OCOC)cc1. The van der Waals surface area contributed by atoms with Crippen molar-refractivity contribution in [2.24, 2.45) is 0 Å². The van der Waals surface area contributed by atoms with Gasteiger partial charge in [0.2, 0.25) is 0 Å². The van der Waals surface area contributed by atoms with Gasteiger partial charge in [0.15, 0.2) is 19.4 Å². The molecule has 126 valence electrons. The molecule has 0 fully saturated rings. The summed E-state index contributed by atoms with van der Waals surface area (Å²) >= 11 is 0. The van der Waals surface area contributed by atoms with Crippen molar-refractivity contribution in [3.05, 3.63) is 65.7 Å². The lowest BCUT2D eigenvalue weighted by molar-refractivity contribution is 0.0503. The normalized spacial score (nSPS) is 10.8. The number of benzene rings is 2. The molecule has 0 aliphatic rings. The zero-order chi connectivity index (χ0) is 17.2. The molecule has 5 heteroatoms. The summed E-state index contributed by atoms with van der Waals surface area (Å²) in [4.78, 5) is 12.4. The standard InChI is InChI=1S/C19H20O5/c1-21-13-23-16-10-7-15(8-11-16)9-12-18(20)17-5-3-4-6-19(17)24-14-22-2/h3-12H,13-14H2,1-2H3/b12-9+. The van der Waals surface area contributed by atoms with Gasteiger partial charge in [-0.3, -0.25) is 4.79 Å². The fraction of sp³-hybridized carbons (Fsp3) is 0.211. The molecule has 0 atom stereocenters. The van der Waals surface area contributed by atoms with Crippen molar-refractivity contribution in [1.29, 1.82) is 0 Å². The van der Waals surface area contributed by atoms with Crippen LogP contribution in [-0.2, 0) is 9.47 Å². The second-order valence-corrected chi connectivity index (χ2v) is 4.86. The van der Waals surface area contributed by atoms with Crippen LogP contribution in [0.4, 0.5) is 0 Å². The van der Waals surface area contributed by atoms with E-state index in [4.69, 9.17) is 18.9 Å². The number of carbonyl (C=O) groups is 1. The van der Waals surface area contributed by atoms with Gasteiger partial charge >= 0.3 is 0 Å². The highest BCUT2D eigenvalue weighted by Crippen LogP contribution is 2.20. The van der Waals surface area contributed by atoms with E-state index in [0.29, 0.717) is 17.1 Å². The Morgan fingerprint density at radius 2 is 1.58 bits per heavy atom. The van der Waals surface area contributed by atoms with Crippen LogP contribution < -0.4 is 9.47 Å². The van der Waals surface area contributed by atoms with Crippen molar-refractivity contribution in [2.45, 2.75) is 0 Å². The number of carbonyl (C=O) groups excluding carboxylic acids is 1. The van der Waals surface area contributed by atoms with E-state index in [9.17, 15) is 4.79 Å². The number of hydrogen-bond donors (Lipinski definition) is 0. The summed E-state index contributed by atoms with van der Waals surface area (Å²) in [5.41, 5.74) is 1.38. The first-order chi connectivity index (χ1) is 11.7. The van der Waals surface area contributed by atoms with E-state index in [2.05, 4.69) is 0 Å². The van der Waals surface area contributed by atoms with Gasteiger partial charge in [-0.05, 0) is 35.9 Å². The summed E-state index contributed by atoms with van der Waals surface area (Å²) in [6.07, 6.45) is 3.26. The monoisotopic (exact) mass is 328 g/mol. The second kappa shape index (κ2) is 9.50. The van der Waals surface area contributed by atoms with Crippen LogP contribution >= 0.6 is 0 Å². The molecule has 0 spiro atoms. The molecular weight excluding hydrogens is 308 g/mol. The van der Waals surface area contributed by atoms with Crippen molar-refractivity contribution in [3.8, 4) is 11.5 Å². The van der Waals surface area contributed by atoms with E-state index in [1.807, 2.05) is 30.3 Å². The summed E-state index contributed by atoms with van der Waals surface area (Å²) in [6.45, 7) is 0.295. The van der Waals surface area contributed by atoms with Gasteiger partial charge in [-0.15, -0.1) is 0 Å². The Kier molecular flexibility index (Phi) is 7.01. The lowest BCUT2D eigenvalue weighted by Crippen LogP contribution is -2.04. The number of methoxy groups -OCH3 is 2. The van der Waals surface area contributed by atoms with Crippen molar-refractivity contribution >= 4 is 11.9 Å². The number of para-hydroxylation sites is 1. The van der Waals surface area contributed by atoms with Crippen LogP contribution in [0.25, 0.3) is 6.08 Å². The maximum absolute atomic E-state index is 12.4. The van der Waals surface area contributed by atoms with Gasteiger partial charge in [-0.1, -0.05) is 30.3 Å². The zero-order valence-electron chi connectivity index (χ0n) is 13.7. The van der Waals surface area contributed by atoms with Crippen molar-refractivity contribution in [1.82, 2.24) is 0 Å². The van der Waals surface area contributed by atoms with Gasteiger partial charge in [-0.2, -0.15) is 0 Å². The van der Waals surface area contributed by atoms with Crippen molar-refractivity contribution < 1.29 is 23.7 Å².